The van der Waals surface area contributed by atoms with Gasteiger partial charge >= 0.3 is 0 Å². The van der Waals surface area contributed by atoms with Crippen molar-refractivity contribution in [3.05, 3.63) is 12.4 Å². The minimum Gasteiger partial charge on any atom is -0.378 e. The molecule has 6 heteroatoms. The van der Waals surface area contributed by atoms with Crippen LogP contribution in [0, 0.1) is 0 Å². The number of nitrogens with zero attached hydrogens (tertiary/aromatic N) is 4. The third-order valence-electron chi connectivity index (χ3n) is 4.25. The van der Waals surface area contributed by atoms with Crippen LogP contribution in [0.5, 0.6) is 0 Å². The van der Waals surface area contributed by atoms with Crippen LogP contribution >= 0.6 is 0 Å². The Hall–Kier alpha value is -1.56. The predicted octanol–water partition coefficient (Wildman–Crippen LogP) is 0.903. The normalized spacial score (nSPS) is 21.2. The number of likely N-dealkylation sites (tertiary alicyclic amines) is 1. The third kappa shape index (κ3) is 2.80. The summed E-state index contributed by atoms with van der Waals surface area (Å²) in [4.78, 5) is 15.6. The van der Waals surface area contributed by atoms with E-state index in [4.69, 9.17) is 4.74 Å². The van der Waals surface area contributed by atoms with Gasteiger partial charge in [-0.3, -0.25) is 9.48 Å². The topological polar surface area (TPSA) is 50.6 Å². The molecule has 1 aromatic rings. The molecule has 0 unspecified atom stereocenters. The molecule has 2 aliphatic rings. The Labute approximate surface area is 119 Å². The van der Waals surface area contributed by atoms with Crippen LogP contribution in [0.3, 0.4) is 0 Å². The van der Waals surface area contributed by atoms with Gasteiger partial charge in [-0.2, -0.15) is 5.10 Å². The van der Waals surface area contributed by atoms with E-state index < -0.39 is 0 Å². The highest BCUT2D eigenvalue weighted by molar-refractivity contribution is 5.73. The summed E-state index contributed by atoms with van der Waals surface area (Å²) >= 11 is 0. The van der Waals surface area contributed by atoms with Gasteiger partial charge in [0.1, 0.15) is 0 Å². The molecule has 2 aliphatic heterocycles. The molecule has 0 atom stereocenters. The fraction of sp³-hybridized carbons (Fsp3) is 0.714. The van der Waals surface area contributed by atoms with Crippen molar-refractivity contribution in [2.45, 2.75) is 25.8 Å². The van der Waals surface area contributed by atoms with E-state index in [2.05, 4.69) is 20.9 Å². The lowest BCUT2D eigenvalue weighted by molar-refractivity contribution is -0.130. The molecule has 0 radical (unpaired) electrons. The molecule has 1 aromatic heterocycles. The monoisotopic (exact) mass is 278 g/mol. The first-order valence-corrected chi connectivity index (χ1v) is 7.36. The van der Waals surface area contributed by atoms with E-state index in [0.29, 0.717) is 6.04 Å². The first-order chi connectivity index (χ1) is 9.74. The number of piperidine rings is 1. The number of morpholine rings is 1. The molecule has 3 rings (SSSR count). The number of carbonyl (C=O) groups is 1. The van der Waals surface area contributed by atoms with E-state index in [9.17, 15) is 4.79 Å². The molecule has 0 spiro atoms. The first-order valence-electron chi connectivity index (χ1n) is 7.36. The summed E-state index contributed by atoms with van der Waals surface area (Å²) in [5.74, 6) is 0.179. The van der Waals surface area contributed by atoms with Crippen LogP contribution < -0.4 is 4.90 Å². The molecule has 110 valence electrons. The minimum absolute atomic E-state index is 0.179. The van der Waals surface area contributed by atoms with Crippen LogP contribution in [-0.2, 0) is 9.53 Å². The number of hydrogen-bond acceptors (Lipinski definition) is 4. The Morgan fingerprint density at radius 3 is 2.60 bits per heavy atom. The second-order valence-corrected chi connectivity index (χ2v) is 5.52. The Balaban J connectivity index is 1.61. The molecule has 0 bridgehead atoms. The fourth-order valence-electron chi connectivity index (χ4n) is 2.96. The maximum absolute atomic E-state index is 11.3. The lowest BCUT2D eigenvalue weighted by Gasteiger charge is -2.31. The second kappa shape index (κ2) is 5.83. The largest absolute Gasteiger partial charge is 0.378 e. The van der Waals surface area contributed by atoms with Crippen LogP contribution in [0.1, 0.15) is 25.8 Å². The first kappa shape index (κ1) is 13.4. The number of aromatic nitrogens is 2. The highest BCUT2D eigenvalue weighted by Gasteiger charge is 2.23. The van der Waals surface area contributed by atoms with Gasteiger partial charge in [0.05, 0.1) is 31.1 Å². The molecule has 1 amide bonds. The van der Waals surface area contributed by atoms with Crippen molar-refractivity contribution in [3.8, 4) is 0 Å². The van der Waals surface area contributed by atoms with Crippen molar-refractivity contribution in [1.29, 1.82) is 0 Å². The molecule has 0 saturated carbocycles. The van der Waals surface area contributed by atoms with Crippen molar-refractivity contribution in [2.24, 2.45) is 0 Å². The summed E-state index contributed by atoms with van der Waals surface area (Å²) in [5, 5.41) is 4.52. The zero-order valence-electron chi connectivity index (χ0n) is 12.0. The Kier molecular flexibility index (Phi) is 3.91. The zero-order valence-corrected chi connectivity index (χ0v) is 12.0. The molecule has 3 heterocycles. The van der Waals surface area contributed by atoms with E-state index in [1.165, 1.54) is 5.69 Å². The molecule has 6 nitrogen and oxygen atoms in total. The van der Waals surface area contributed by atoms with E-state index >= 15 is 0 Å². The molecule has 2 fully saturated rings. The van der Waals surface area contributed by atoms with Gasteiger partial charge in [0.2, 0.25) is 5.91 Å². The second-order valence-electron chi connectivity index (χ2n) is 5.52. The van der Waals surface area contributed by atoms with Crippen LogP contribution in [0.15, 0.2) is 12.4 Å². The number of anilines is 1. The lowest BCUT2D eigenvalue weighted by atomic mass is 10.1. The quantitative estimate of drug-likeness (QED) is 0.806. The average Bonchev–Trinajstić information content (AvgIpc) is 2.98. The third-order valence-corrected chi connectivity index (χ3v) is 4.25. The van der Waals surface area contributed by atoms with Crippen molar-refractivity contribution >= 4 is 11.6 Å². The number of ether oxygens (including phenoxy) is 1. The van der Waals surface area contributed by atoms with Crippen LogP contribution in [-0.4, -0.2) is 60.0 Å². The number of amides is 1. The van der Waals surface area contributed by atoms with Gasteiger partial charge < -0.3 is 14.5 Å². The Morgan fingerprint density at radius 1 is 1.25 bits per heavy atom. The van der Waals surface area contributed by atoms with Gasteiger partial charge in [-0.1, -0.05) is 0 Å². The van der Waals surface area contributed by atoms with Crippen molar-refractivity contribution in [1.82, 2.24) is 14.7 Å². The average molecular weight is 278 g/mol. The molecule has 0 N–H and O–H groups in total. The molecule has 20 heavy (non-hydrogen) atoms. The summed E-state index contributed by atoms with van der Waals surface area (Å²) in [6.45, 7) is 6.79. The fourth-order valence-corrected chi connectivity index (χ4v) is 2.96. The number of rotatable bonds is 2. The van der Waals surface area contributed by atoms with E-state index in [0.717, 1.165) is 52.2 Å². The Bertz CT molecular complexity index is 459. The number of hydrogen-bond donors (Lipinski definition) is 0. The summed E-state index contributed by atoms with van der Waals surface area (Å²) in [6.07, 6.45) is 6.07. The van der Waals surface area contributed by atoms with E-state index in [1.807, 2.05) is 11.1 Å². The maximum atomic E-state index is 11.3. The van der Waals surface area contributed by atoms with Crippen molar-refractivity contribution in [3.63, 3.8) is 0 Å². The number of carbonyl (C=O) groups excluding carboxylic acids is 1. The lowest BCUT2D eigenvalue weighted by Crippen LogP contribution is -2.38. The predicted molar refractivity (Wildman–Crippen MR) is 75.8 cm³/mol. The molecule has 0 aromatic carbocycles. The van der Waals surface area contributed by atoms with Gasteiger partial charge in [-0.25, -0.2) is 0 Å². The summed E-state index contributed by atoms with van der Waals surface area (Å²) < 4.78 is 7.44. The van der Waals surface area contributed by atoms with Crippen molar-refractivity contribution < 1.29 is 9.53 Å². The molecular formula is C14H22N4O2. The molecule has 2 saturated heterocycles. The van der Waals surface area contributed by atoms with Gasteiger partial charge in [-0.15, -0.1) is 0 Å². The minimum atomic E-state index is 0.179. The van der Waals surface area contributed by atoms with Crippen LogP contribution in [0.2, 0.25) is 0 Å². The Morgan fingerprint density at radius 2 is 1.95 bits per heavy atom. The zero-order chi connectivity index (χ0) is 13.9. The molecular weight excluding hydrogens is 256 g/mol. The highest BCUT2D eigenvalue weighted by atomic mass is 16.5. The van der Waals surface area contributed by atoms with Gasteiger partial charge in [0.15, 0.2) is 0 Å². The van der Waals surface area contributed by atoms with Gasteiger partial charge in [0, 0.05) is 39.3 Å². The van der Waals surface area contributed by atoms with E-state index in [1.54, 1.807) is 6.92 Å². The summed E-state index contributed by atoms with van der Waals surface area (Å²) in [6, 6.07) is 0.417. The van der Waals surface area contributed by atoms with Crippen LogP contribution in [0.25, 0.3) is 0 Å². The standard InChI is InChI=1S/C14H22N4O2/c1-12(19)16-4-2-13(3-5-16)18-11-14(10-15-18)17-6-8-20-9-7-17/h10-11,13H,2-9H2,1H3. The van der Waals surface area contributed by atoms with Crippen LogP contribution in [0.4, 0.5) is 5.69 Å². The smallest absolute Gasteiger partial charge is 0.219 e. The van der Waals surface area contributed by atoms with E-state index in [-0.39, 0.29) is 5.91 Å². The molecule has 0 aliphatic carbocycles. The SMILES string of the molecule is CC(=O)N1CCC(n2cc(N3CCOCC3)cn2)CC1. The van der Waals surface area contributed by atoms with Gasteiger partial charge in [-0.05, 0) is 12.8 Å². The summed E-state index contributed by atoms with van der Waals surface area (Å²) in [7, 11) is 0. The summed E-state index contributed by atoms with van der Waals surface area (Å²) in [5.41, 5.74) is 1.18. The maximum Gasteiger partial charge on any atom is 0.219 e. The highest BCUT2D eigenvalue weighted by Crippen LogP contribution is 2.24. The van der Waals surface area contributed by atoms with Gasteiger partial charge in [0.25, 0.3) is 0 Å². The van der Waals surface area contributed by atoms with Crippen molar-refractivity contribution in [2.75, 3.05) is 44.3 Å².